The first-order valence-electron chi connectivity index (χ1n) is 9.10. The molecule has 4 heteroatoms. The van der Waals surface area contributed by atoms with Crippen molar-refractivity contribution < 1.29 is 9.13 Å². The number of rotatable bonds is 7. The number of benzene rings is 1. The predicted molar refractivity (Wildman–Crippen MR) is 93.6 cm³/mol. The van der Waals surface area contributed by atoms with E-state index in [-0.39, 0.29) is 12.4 Å². The van der Waals surface area contributed by atoms with Gasteiger partial charge < -0.3 is 4.74 Å². The SMILES string of the molecule is CCCc1cc(OCc2cc(C)ccc2F)n(CC2CCCC2)n1. The minimum absolute atomic E-state index is 0.212. The van der Waals surface area contributed by atoms with E-state index in [0.29, 0.717) is 11.5 Å². The summed E-state index contributed by atoms with van der Waals surface area (Å²) in [5.41, 5.74) is 2.71. The van der Waals surface area contributed by atoms with Crippen molar-refractivity contribution in [2.24, 2.45) is 5.92 Å². The first-order chi connectivity index (χ1) is 11.7. The molecule has 3 rings (SSSR count). The summed E-state index contributed by atoms with van der Waals surface area (Å²) in [6.07, 6.45) is 7.19. The second kappa shape index (κ2) is 7.82. The summed E-state index contributed by atoms with van der Waals surface area (Å²) in [5.74, 6) is 1.25. The molecule has 1 aromatic carbocycles. The van der Waals surface area contributed by atoms with Crippen molar-refractivity contribution in [3.05, 3.63) is 46.9 Å². The molecule has 3 nitrogen and oxygen atoms in total. The van der Waals surface area contributed by atoms with Crippen molar-refractivity contribution in [2.45, 2.75) is 65.5 Å². The zero-order valence-electron chi connectivity index (χ0n) is 14.7. The van der Waals surface area contributed by atoms with Gasteiger partial charge in [-0.25, -0.2) is 9.07 Å². The van der Waals surface area contributed by atoms with Crippen LogP contribution in [-0.4, -0.2) is 9.78 Å². The van der Waals surface area contributed by atoms with E-state index in [1.54, 1.807) is 6.07 Å². The smallest absolute Gasteiger partial charge is 0.212 e. The van der Waals surface area contributed by atoms with Crippen molar-refractivity contribution in [3.8, 4) is 5.88 Å². The zero-order chi connectivity index (χ0) is 16.9. The van der Waals surface area contributed by atoms with E-state index in [4.69, 9.17) is 9.84 Å². The van der Waals surface area contributed by atoms with Gasteiger partial charge in [-0.2, -0.15) is 5.10 Å². The van der Waals surface area contributed by atoms with Gasteiger partial charge in [0.1, 0.15) is 12.4 Å². The lowest BCUT2D eigenvalue weighted by atomic mass is 10.1. The number of ether oxygens (including phenoxy) is 1. The number of aryl methyl sites for hydroxylation is 2. The predicted octanol–water partition coefficient (Wildman–Crippen LogP) is 5.05. The highest BCUT2D eigenvalue weighted by Gasteiger charge is 2.19. The lowest BCUT2D eigenvalue weighted by Gasteiger charge is -2.13. The molecule has 0 atom stereocenters. The van der Waals surface area contributed by atoms with Gasteiger partial charge in [0, 0.05) is 18.2 Å². The van der Waals surface area contributed by atoms with E-state index in [9.17, 15) is 4.39 Å². The average molecular weight is 330 g/mol. The lowest BCUT2D eigenvalue weighted by molar-refractivity contribution is 0.257. The van der Waals surface area contributed by atoms with Gasteiger partial charge in [0.05, 0.1) is 5.69 Å². The molecule has 0 amide bonds. The summed E-state index contributed by atoms with van der Waals surface area (Å²) in [4.78, 5) is 0. The number of hydrogen-bond acceptors (Lipinski definition) is 2. The molecule has 1 fully saturated rings. The quantitative estimate of drug-likeness (QED) is 0.710. The Balaban J connectivity index is 1.73. The molecule has 24 heavy (non-hydrogen) atoms. The summed E-state index contributed by atoms with van der Waals surface area (Å²) in [5, 5.41) is 4.71. The minimum atomic E-state index is -0.212. The van der Waals surface area contributed by atoms with E-state index in [1.807, 2.05) is 23.7 Å². The Morgan fingerprint density at radius 2 is 2.04 bits per heavy atom. The van der Waals surface area contributed by atoms with E-state index < -0.39 is 0 Å². The van der Waals surface area contributed by atoms with E-state index in [1.165, 1.54) is 31.7 Å². The van der Waals surface area contributed by atoms with Crippen LogP contribution in [-0.2, 0) is 19.6 Å². The number of aromatic nitrogens is 2. The van der Waals surface area contributed by atoms with Gasteiger partial charge in [0.2, 0.25) is 5.88 Å². The van der Waals surface area contributed by atoms with Crippen LogP contribution in [0.4, 0.5) is 4.39 Å². The fourth-order valence-electron chi connectivity index (χ4n) is 3.48. The average Bonchev–Trinajstić information content (AvgIpc) is 3.19. The number of halogens is 1. The normalized spacial score (nSPS) is 15.1. The highest BCUT2D eigenvalue weighted by Crippen LogP contribution is 2.28. The monoisotopic (exact) mass is 330 g/mol. The summed E-state index contributed by atoms with van der Waals surface area (Å²) >= 11 is 0. The molecule has 1 heterocycles. The number of hydrogen-bond donors (Lipinski definition) is 0. The molecule has 130 valence electrons. The molecule has 1 aliphatic carbocycles. The first-order valence-corrected chi connectivity index (χ1v) is 9.10. The molecular weight excluding hydrogens is 303 g/mol. The fraction of sp³-hybridized carbons (Fsp3) is 0.550. The summed E-state index contributed by atoms with van der Waals surface area (Å²) in [7, 11) is 0. The van der Waals surface area contributed by atoms with Crippen LogP contribution in [0, 0.1) is 18.7 Å². The molecule has 0 bridgehead atoms. The highest BCUT2D eigenvalue weighted by atomic mass is 19.1. The molecule has 1 aromatic heterocycles. The van der Waals surface area contributed by atoms with Gasteiger partial charge in [-0.1, -0.05) is 37.8 Å². The molecule has 1 aliphatic rings. The van der Waals surface area contributed by atoms with Crippen LogP contribution >= 0.6 is 0 Å². The van der Waals surface area contributed by atoms with Crippen molar-refractivity contribution >= 4 is 0 Å². The Morgan fingerprint density at radius 1 is 1.25 bits per heavy atom. The van der Waals surface area contributed by atoms with Crippen LogP contribution in [0.25, 0.3) is 0 Å². The molecular formula is C20H27FN2O. The Kier molecular flexibility index (Phi) is 5.54. The molecule has 0 radical (unpaired) electrons. The van der Waals surface area contributed by atoms with Crippen molar-refractivity contribution in [1.29, 1.82) is 0 Å². The van der Waals surface area contributed by atoms with Gasteiger partial charge in [-0.05, 0) is 44.2 Å². The Labute approximate surface area is 143 Å². The maximum Gasteiger partial charge on any atom is 0.212 e. The van der Waals surface area contributed by atoms with E-state index in [0.717, 1.165) is 36.5 Å². The Bertz CT molecular complexity index is 674. The van der Waals surface area contributed by atoms with E-state index >= 15 is 0 Å². The summed E-state index contributed by atoms with van der Waals surface area (Å²) < 4.78 is 21.9. The van der Waals surface area contributed by atoms with E-state index in [2.05, 4.69) is 6.92 Å². The standard InChI is InChI=1S/C20H27FN2O/c1-3-6-18-12-20(23(22-18)13-16-7-4-5-8-16)24-14-17-11-15(2)9-10-19(17)21/h9-12,16H,3-8,13-14H2,1-2H3. The second-order valence-corrected chi connectivity index (χ2v) is 6.94. The third-order valence-electron chi connectivity index (χ3n) is 4.78. The van der Waals surface area contributed by atoms with Crippen molar-refractivity contribution in [2.75, 3.05) is 0 Å². The van der Waals surface area contributed by atoms with Crippen LogP contribution in [0.15, 0.2) is 24.3 Å². The van der Waals surface area contributed by atoms with Gasteiger partial charge >= 0.3 is 0 Å². The minimum Gasteiger partial charge on any atom is -0.473 e. The van der Waals surface area contributed by atoms with Gasteiger partial charge in [0.25, 0.3) is 0 Å². The van der Waals surface area contributed by atoms with Crippen molar-refractivity contribution in [3.63, 3.8) is 0 Å². The third-order valence-corrected chi connectivity index (χ3v) is 4.78. The largest absolute Gasteiger partial charge is 0.473 e. The maximum atomic E-state index is 13.9. The molecule has 2 aromatic rings. The van der Waals surface area contributed by atoms with Gasteiger partial charge in [-0.15, -0.1) is 0 Å². The molecule has 0 N–H and O–H groups in total. The molecule has 1 saturated carbocycles. The molecule has 0 aliphatic heterocycles. The first kappa shape index (κ1) is 17.0. The zero-order valence-corrected chi connectivity index (χ0v) is 14.7. The third kappa shape index (κ3) is 4.16. The number of nitrogens with zero attached hydrogens (tertiary/aromatic N) is 2. The summed E-state index contributed by atoms with van der Waals surface area (Å²) in [6.45, 7) is 5.27. The molecule has 0 spiro atoms. The molecule has 0 unspecified atom stereocenters. The Morgan fingerprint density at radius 3 is 2.79 bits per heavy atom. The molecule has 0 saturated heterocycles. The summed E-state index contributed by atoms with van der Waals surface area (Å²) in [6, 6.07) is 7.15. The fourth-order valence-corrected chi connectivity index (χ4v) is 3.48. The highest BCUT2D eigenvalue weighted by molar-refractivity contribution is 5.24. The van der Waals surface area contributed by atoms with Crippen LogP contribution in [0.2, 0.25) is 0 Å². The second-order valence-electron chi connectivity index (χ2n) is 6.94. The lowest BCUT2D eigenvalue weighted by Crippen LogP contribution is -2.12. The van der Waals surface area contributed by atoms with Crippen LogP contribution in [0.3, 0.4) is 0 Å². The van der Waals surface area contributed by atoms with Crippen LogP contribution in [0.5, 0.6) is 5.88 Å². The topological polar surface area (TPSA) is 27.1 Å². The maximum absolute atomic E-state index is 13.9. The van der Waals surface area contributed by atoms with Crippen LogP contribution in [0.1, 0.15) is 55.8 Å². The van der Waals surface area contributed by atoms with Gasteiger partial charge in [-0.3, -0.25) is 0 Å². The van der Waals surface area contributed by atoms with Crippen LogP contribution < -0.4 is 4.74 Å². The van der Waals surface area contributed by atoms with Crippen molar-refractivity contribution in [1.82, 2.24) is 9.78 Å². The van der Waals surface area contributed by atoms with Gasteiger partial charge in [0.15, 0.2) is 0 Å². The Hall–Kier alpha value is -1.84.